The molecule has 0 saturated carbocycles. The zero-order chi connectivity index (χ0) is 13.1. The van der Waals surface area contributed by atoms with Gasteiger partial charge in [0.15, 0.2) is 5.01 Å². The molecule has 0 saturated heterocycles. The van der Waals surface area contributed by atoms with Crippen LogP contribution >= 0.6 is 11.3 Å². The Labute approximate surface area is 105 Å². The summed E-state index contributed by atoms with van der Waals surface area (Å²) >= 11 is 0.842. The van der Waals surface area contributed by atoms with E-state index in [9.17, 15) is 9.59 Å². The van der Waals surface area contributed by atoms with Gasteiger partial charge in [0.2, 0.25) is 5.06 Å². The molecule has 0 unspecified atom stereocenters. The predicted molar refractivity (Wildman–Crippen MR) is 64.1 cm³/mol. The second kappa shape index (κ2) is 4.80. The standard InChI is InChI=1S/C10H8N4O3S/c11-7(15)8-14-6(5-3-1-2-4-13-5)9(18-8)17-10(12)16/h1-4H,(H2,11,15)(H2,12,16). The van der Waals surface area contributed by atoms with Gasteiger partial charge in [-0.3, -0.25) is 9.78 Å². The summed E-state index contributed by atoms with van der Waals surface area (Å²) in [5, 5.41) is 0.113. The second-order valence-electron chi connectivity index (χ2n) is 3.16. The van der Waals surface area contributed by atoms with Crippen LogP contribution in [0.5, 0.6) is 5.06 Å². The van der Waals surface area contributed by atoms with E-state index in [4.69, 9.17) is 16.2 Å². The van der Waals surface area contributed by atoms with Gasteiger partial charge in [0.25, 0.3) is 5.91 Å². The minimum atomic E-state index is -0.994. The molecule has 0 aliphatic heterocycles. The van der Waals surface area contributed by atoms with E-state index in [1.165, 1.54) is 0 Å². The van der Waals surface area contributed by atoms with Crippen LogP contribution in [0, 0.1) is 0 Å². The van der Waals surface area contributed by atoms with Crippen molar-refractivity contribution in [3.63, 3.8) is 0 Å². The van der Waals surface area contributed by atoms with Crippen molar-refractivity contribution in [3.8, 4) is 16.5 Å². The lowest BCUT2D eigenvalue weighted by molar-refractivity contribution is 0.1000. The molecular formula is C10H8N4O3S. The lowest BCUT2D eigenvalue weighted by Crippen LogP contribution is -2.16. The van der Waals surface area contributed by atoms with E-state index in [1.807, 2.05) is 0 Å². The summed E-state index contributed by atoms with van der Waals surface area (Å²) in [6, 6.07) is 5.12. The summed E-state index contributed by atoms with van der Waals surface area (Å²) < 4.78 is 4.78. The minimum absolute atomic E-state index is 0.0203. The third-order valence-electron chi connectivity index (χ3n) is 1.91. The Bertz CT molecular complexity index is 596. The highest BCUT2D eigenvalue weighted by Crippen LogP contribution is 2.34. The third kappa shape index (κ3) is 2.43. The quantitative estimate of drug-likeness (QED) is 0.847. The Morgan fingerprint density at radius 1 is 1.28 bits per heavy atom. The molecule has 0 spiro atoms. The Morgan fingerprint density at radius 2 is 2.06 bits per heavy atom. The average molecular weight is 264 g/mol. The molecule has 2 amide bonds. The number of pyridine rings is 1. The molecule has 0 aromatic carbocycles. The summed E-state index contributed by atoms with van der Waals surface area (Å²) in [6.07, 6.45) is 0.555. The largest absolute Gasteiger partial charge is 0.410 e. The van der Waals surface area contributed by atoms with Gasteiger partial charge in [-0.1, -0.05) is 17.4 Å². The molecule has 92 valence electrons. The highest BCUT2D eigenvalue weighted by molar-refractivity contribution is 7.16. The number of ether oxygens (including phenoxy) is 1. The maximum absolute atomic E-state index is 11.1. The average Bonchev–Trinajstić information content (AvgIpc) is 2.73. The monoisotopic (exact) mass is 264 g/mol. The highest BCUT2D eigenvalue weighted by Gasteiger charge is 2.19. The van der Waals surface area contributed by atoms with Gasteiger partial charge >= 0.3 is 6.09 Å². The molecule has 8 heteroatoms. The van der Waals surface area contributed by atoms with Gasteiger partial charge < -0.3 is 16.2 Å². The Kier molecular flexibility index (Phi) is 3.20. The first-order valence-electron chi connectivity index (χ1n) is 4.77. The van der Waals surface area contributed by atoms with E-state index >= 15 is 0 Å². The first-order valence-corrected chi connectivity index (χ1v) is 5.59. The van der Waals surface area contributed by atoms with Crippen LogP contribution in [-0.2, 0) is 0 Å². The summed E-state index contributed by atoms with van der Waals surface area (Å²) in [7, 11) is 0. The summed E-state index contributed by atoms with van der Waals surface area (Å²) in [5.74, 6) is -0.712. The van der Waals surface area contributed by atoms with Crippen molar-refractivity contribution in [2.75, 3.05) is 0 Å². The number of carbonyl (C=O) groups excluding carboxylic acids is 2. The lowest BCUT2D eigenvalue weighted by atomic mass is 10.3. The van der Waals surface area contributed by atoms with Gasteiger partial charge in [-0.2, -0.15) is 0 Å². The molecule has 7 nitrogen and oxygen atoms in total. The third-order valence-corrected chi connectivity index (χ3v) is 2.86. The molecule has 0 aliphatic rings. The van der Waals surface area contributed by atoms with Crippen LogP contribution in [0.1, 0.15) is 9.80 Å². The zero-order valence-corrected chi connectivity index (χ0v) is 9.81. The summed E-state index contributed by atoms with van der Waals surface area (Å²) in [4.78, 5) is 29.9. The molecule has 0 aliphatic carbocycles. The van der Waals surface area contributed by atoms with Crippen molar-refractivity contribution in [3.05, 3.63) is 29.4 Å². The van der Waals surface area contributed by atoms with Crippen molar-refractivity contribution < 1.29 is 14.3 Å². The number of hydrogen-bond acceptors (Lipinski definition) is 6. The van der Waals surface area contributed by atoms with Crippen molar-refractivity contribution in [2.24, 2.45) is 11.5 Å². The van der Waals surface area contributed by atoms with E-state index < -0.39 is 12.0 Å². The van der Waals surface area contributed by atoms with Crippen LogP contribution in [0.15, 0.2) is 24.4 Å². The van der Waals surface area contributed by atoms with Crippen molar-refractivity contribution >= 4 is 23.3 Å². The molecular weight excluding hydrogens is 256 g/mol. The first kappa shape index (κ1) is 12.0. The maximum Gasteiger partial charge on any atom is 0.410 e. The summed E-state index contributed by atoms with van der Waals surface area (Å²) in [5.41, 5.74) is 10.8. The molecule has 2 aromatic heterocycles. The second-order valence-corrected chi connectivity index (χ2v) is 4.12. The number of aromatic nitrogens is 2. The number of nitrogens with zero attached hydrogens (tertiary/aromatic N) is 2. The Balaban J connectivity index is 2.50. The van der Waals surface area contributed by atoms with Gasteiger partial charge in [-0.05, 0) is 12.1 Å². The zero-order valence-electron chi connectivity index (χ0n) is 8.99. The number of amides is 2. The van der Waals surface area contributed by atoms with E-state index in [0.29, 0.717) is 5.69 Å². The van der Waals surface area contributed by atoms with E-state index in [2.05, 4.69) is 9.97 Å². The highest BCUT2D eigenvalue weighted by atomic mass is 32.1. The van der Waals surface area contributed by atoms with Crippen molar-refractivity contribution in [1.82, 2.24) is 9.97 Å². The molecule has 2 heterocycles. The van der Waals surface area contributed by atoms with E-state index in [1.54, 1.807) is 24.4 Å². The SMILES string of the molecule is NC(=O)Oc1sc(C(N)=O)nc1-c1ccccn1. The molecule has 0 fully saturated rings. The van der Waals surface area contributed by atoms with Gasteiger partial charge in [0, 0.05) is 6.20 Å². The topological polar surface area (TPSA) is 121 Å². The summed E-state index contributed by atoms with van der Waals surface area (Å²) in [6.45, 7) is 0. The van der Waals surface area contributed by atoms with Crippen LogP contribution in [-0.4, -0.2) is 22.0 Å². The number of primary amides is 2. The lowest BCUT2D eigenvalue weighted by Gasteiger charge is -1.99. The molecule has 4 N–H and O–H groups in total. The van der Waals surface area contributed by atoms with E-state index in [0.717, 1.165) is 11.3 Å². The van der Waals surface area contributed by atoms with Crippen molar-refractivity contribution in [1.29, 1.82) is 0 Å². The van der Waals surface area contributed by atoms with Crippen LogP contribution in [0.2, 0.25) is 0 Å². The maximum atomic E-state index is 11.1. The number of carbonyl (C=O) groups is 2. The fraction of sp³-hybridized carbons (Fsp3) is 0. The smallest absolute Gasteiger partial charge is 0.397 e. The Morgan fingerprint density at radius 3 is 2.61 bits per heavy atom. The number of hydrogen-bond donors (Lipinski definition) is 2. The molecule has 0 atom stereocenters. The van der Waals surface area contributed by atoms with Crippen molar-refractivity contribution in [2.45, 2.75) is 0 Å². The fourth-order valence-electron chi connectivity index (χ4n) is 1.24. The van der Waals surface area contributed by atoms with Crippen LogP contribution in [0.25, 0.3) is 11.4 Å². The number of thiazole rings is 1. The van der Waals surface area contributed by atoms with Gasteiger partial charge in [0.05, 0.1) is 5.69 Å². The fourth-order valence-corrected chi connectivity index (χ4v) is 2.02. The first-order chi connectivity index (χ1) is 8.58. The molecule has 2 aromatic rings. The number of rotatable bonds is 3. The van der Waals surface area contributed by atoms with E-state index in [-0.39, 0.29) is 15.8 Å². The molecule has 0 radical (unpaired) electrons. The normalized spacial score (nSPS) is 10.0. The minimum Gasteiger partial charge on any atom is -0.397 e. The predicted octanol–water partition coefficient (Wildman–Crippen LogP) is 0.762. The van der Waals surface area contributed by atoms with Crippen LogP contribution in [0.3, 0.4) is 0 Å². The number of nitrogens with two attached hydrogens (primary N) is 2. The molecule has 18 heavy (non-hydrogen) atoms. The molecule has 2 rings (SSSR count). The van der Waals surface area contributed by atoms with Gasteiger partial charge in [0.1, 0.15) is 5.69 Å². The van der Waals surface area contributed by atoms with Gasteiger partial charge in [-0.15, -0.1) is 0 Å². The van der Waals surface area contributed by atoms with Crippen LogP contribution < -0.4 is 16.2 Å². The van der Waals surface area contributed by atoms with Gasteiger partial charge in [-0.25, -0.2) is 9.78 Å². The Hall–Kier alpha value is -2.48. The van der Waals surface area contributed by atoms with Crippen LogP contribution in [0.4, 0.5) is 4.79 Å². The molecule has 0 bridgehead atoms.